The topological polar surface area (TPSA) is 101 Å². The van der Waals surface area contributed by atoms with E-state index in [1.165, 1.54) is 0 Å². The van der Waals surface area contributed by atoms with Crippen molar-refractivity contribution in [1.29, 1.82) is 5.26 Å². The first kappa shape index (κ1) is 25.7. The fraction of sp³-hybridized carbons (Fsp3) is 0.806. The van der Waals surface area contributed by atoms with Crippen molar-refractivity contribution >= 4 is 17.5 Å². The highest BCUT2D eigenvalue weighted by Crippen LogP contribution is 2.74. The predicted octanol–water partition coefficient (Wildman–Crippen LogP) is 5.63. The zero-order valence-corrected chi connectivity index (χ0v) is 23.2. The Balaban J connectivity index is 1.61. The van der Waals surface area contributed by atoms with E-state index in [1.54, 1.807) is 0 Å². The van der Waals surface area contributed by atoms with Crippen LogP contribution in [0, 0.1) is 73.9 Å². The standard InChI is InChI=1S/C31H44N2O3/c1-27(2)14-19-18(20(15-27)26(33)36)8-10-31(7)24(19)21(34)12-23-29(5)13-17(16-32)25(35)28(3,4)22(29)9-11-30(23,31)6/h13,18-20,22-24H,8-12,14-15H2,1-7H3,(H2,33,36)/t18?,19?,20-,22+,23-,24?,29+,30-,31-/m1/s1. The number of rotatable bonds is 1. The summed E-state index contributed by atoms with van der Waals surface area (Å²) in [5.74, 6) is 0.459. The number of ketones is 2. The first-order valence-corrected chi connectivity index (χ1v) is 14.0. The maximum absolute atomic E-state index is 14.3. The number of fused-ring (bicyclic) bond motifs is 7. The van der Waals surface area contributed by atoms with Crippen molar-refractivity contribution in [1.82, 2.24) is 0 Å². The molecule has 4 fully saturated rings. The first-order valence-electron chi connectivity index (χ1n) is 14.0. The molecule has 3 unspecified atom stereocenters. The number of nitrogens with two attached hydrogens (primary N) is 1. The van der Waals surface area contributed by atoms with Crippen molar-refractivity contribution < 1.29 is 14.4 Å². The van der Waals surface area contributed by atoms with Crippen LogP contribution in [0.3, 0.4) is 0 Å². The third-order valence-electron chi connectivity index (χ3n) is 12.7. The lowest BCUT2D eigenvalue weighted by Gasteiger charge is -2.71. The average molecular weight is 493 g/mol. The summed E-state index contributed by atoms with van der Waals surface area (Å²) in [5.41, 5.74) is 4.93. The molecule has 0 heterocycles. The SMILES string of the molecule is CC1(C)CC2C(CC[C@]3(C)C2C(=O)C[C@@H]2[C@@]4(C)C=C(C#N)C(=O)C(C)(C)[C@@H]4CC[C@]23C)[C@H](C(N)=O)C1. The van der Waals surface area contributed by atoms with E-state index in [1.807, 2.05) is 19.9 Å². The normalized spacial score (nSPS) is 48.9. The second-order valence-corrected chi connectivity index (χ2v) is 15.2. The molecule has 5 aliphatic rings. The number of nitrogens with zero attached hydrogens (tertiary/aromatic N) is 1. The van der Waals surface area contributed by atoms with Gasteiger partial charge in [-0.3, -0.25) is 14.4 Å². The van der Waals surface area contributed by atoms with Gasteiger partial charge in [0.2, 0.25) is 5.91 Å². The molecule has 0 aromatic heterocycles. The number of hydrogen-bond donors (Lipinski definition) is 1. The lowest BCUT2D eigenvalue weighted by Crippen LogP contribution is -2.68. The van der Waals surface area contributed by atoms with E-state index in [0.29, 0.717) is 12.2 Å². The molecule has 36 heavy (non-hydrogen) atoms. The van der Waals surface area contributed by atoms with Gasteiger partial charge in [-0.25, -0.2) is 0 Å². The van der Waals surface area contributed by atoms with Crippen LogP contribution in [-0.4, -0.2) is 17.5 Å². The Morgan fingerprint density at radius 1 is 0.944 bits per heavy atom. The molecule has 0 aromatic rings. The molecule has 0 aliphatic heterocycles. The summed E-state index contributed by atoms with van der Waals surface area (Å²) in [5, 5.41) is 9.85. The molecule has 0 saturated heterocycles. The minimum Gasteiger partial charge on any atom is -0.369 e. The summed E-state index contributed by atoms with van der Waals surface area (Å²) in [6.07, 6.45) is 8.03. The molecule has 196 valence electrons. The summed E-state index contributed by atoms with van der Waals surface area (Å²) in [6, 6.07) is 2.20. The van der Waals surface area contributed by atoms with Gasteiger partial charge in [-0.1, -0.05) is 54.5 Å². The van der Waals surface area contributed by atoms with Gasteiger partial charge in [0.1, 0.15) is 11.9 Å². The molecule has 2 N–H and O–H groups in total. The molecule has 0 radical (unpaired) electrons. The monoisotopic (exact) mass is 492 g/mol. The van der Waals surface area contributed by atoms with Gasteiger partial charge in [0, 0.05) is 23.7 Å². The number of carbonyl (C=O) groups is 3. The number of Topliss-reactive ketones (excluding diaryl/α,β-unsaturated/α-hetero) is 2. The van der Waals surface area contributed by atoms with Gasteiger partial charge in [0.15, 0.2) is 5.78 Å². The average Bonchev–Trinajstić information content (AvgIpc) is 2.76. The molecular formula is C31H44N2O3. The Morgan fingerprint density at radius 2 is 1.58 bits per heavy atom. The number of allylic oxidation sites excluding steroid dienone is 2. The Hall–Kier alpha value is -1.96. The molecule has 0 bridgehead atoms. The highest BCUT2D eigenvalue weighted by Gasteiger charge is 2.71. The van der Waals surface area contributed by atoms with Crippen molar-refractivity contribution in [2.75, 3.05) is 0 Å². The number of carbonyl (C=O) groups excluding carboxylic acids is 3. The first-order chi connectivity index (χ1) is 16.5. The van der Waals surface area contributed by atoms with Gasteiger partial charge in [-0.15, -0.1) is 0 Å². The van der Waals surface area contributed by atoms with E-state index in [0.717, 1.165) is 38.5 Å². The molecule has 0 spiro atoms. The Labute approximate surface area is 216 Å². The molecule has 0 aromatic carbocycles. The Bertz CT molecular complexity index is 1110. The van der Waals surface area contributed by atoms with Gasteiger partial charge in [-0.2, -0.15) is 5.26 Å². The molecule has 5 rings (SSSR count). The van der Waals surface area contributed by atoms with Crippen LogP contribution in [0.2, 0.25) is 0 Å². The van der Waals surface area contributed by atoms with Crippen LogP contribution in [0.15, 0.2) is 11.6 Å². The Morgan fingerprint density at radius 3 is 2.19 bits per heavy atom. The lowest BCUT2D eigenvalue weighted by atomic mass is 9.32. The molecule has 9 atom stereocenters. The van der Waals surface area contributed by atoms with Crippen LogP contribution >= 0.6 is 0 Å². The summed E-state index contributed by atoms with van der Waals surface area (Å²) in [6.45, 7) is 15.4. The minimum absolute atomic E-state index is 0.0149. The summed E-state index contributed by atoms with van der Waals surface area (Å²) < 4.78 is 0. The number of nitriles is 1. The van der Waals surface area contributed by atoms with Gasteiger partial charge >= 0.3 is 0 Å². The van der Waals surface area contributed by atoms with Crippen LogP contribution in [0.1, 0.15) is 93.4 Å². The van der Waals surface area contributed by atoms with Crippen LogP contribution < -0.4 is 5.73 Å². The number of hydrogen-bond acceptors (Lipinski definition) is 4. The second kappa shape index (κ2) is 7.55. The predicted molar refractivity (Wildman–Crippen MR) is 138 cm³/mol. The minimum atomic E-state index is -0.615. The highest BCUT2D eigenvalue weighted by molar-refractivity contribution is 6.04. The fourth-order valence-corrected chi connectivity index (χ4v) is 11.0. The summed E-state index contributed by atoms with van der Waals surface area (Å²) >= 11 is 0. The van der Waals surface area contributed by atoms with E-state index in [2.05, 4.69) is 40.7 Å². The zero-order valence-electron chi connectivity index (χ0n) is 23.2. The maximum Gasteiger partial charge on any atom is 0.220 e. The van der Waals surface area contributed by atoms with Crippen molar-refractivity contribution in [2.45, 2.75) is 93.4 Å². The zero-order chi connectivity index (χ0) is 26.6. The van der Waals surface area contributed by atoms with E-state index in [9.17, 15) is 19.6 Å². The van der Waals surface area contributed by atoms with Crippen LogP contribution in [0.25, 0.3) is 0 Å². The molecule has 5 heteroatoms. The second-order valence-electron chi connectivity index (χ2n) is 15.2. The van der Waals surface area contributed by atoms with Crippen molar-refractivity contribution in [3.05, 3.63) is 11.6 Å². The largest absolute Gasteiger partial charge is 0.369 e. The van der Waals surface area contributed by atoms with E-state index >= 15 is 0 Å². The van der Waals surface area contributed by atoms with Crippen LogP contribution in [0.4, 0.5) is 0 Å². The molecule has 5 aliphatic carbocycles. The van der Waals surface area contributed by atoms with E-state index < -0.39 is 5.41 Å². The smallest absolute Gasteiger partial charge is 0.220 e. The van der Waals surface area contributed by atoms with Gasteiger partial charge in [0.05, 0.1) is 5.57 Å². The van der Waals surface area contributed by atoms with Crippen molar-refractivity contribution in [3.63, 3.8) is 0 Å². The third-order valence-corrected chi connectivity index (χ3v) is 12.7. The molecule has 5 nitrogen and oxygen atoms in total. The maximum atomic E-state index is 14.3. The summed E-state index contributed by atoms with van der Waals surface area (Å²) in [7, 11) is 0. The number of amides is 1. The number of primary amides is 1. The van der Waals surface area contributed by atoms with E-state index in [4.69, 9.17) is 5.73 Å². The van der Waals surface area contributed by atoms with Crippen LogP contribution in [0.5, 0.6) is 0 Å². The molecule has 4 saturated carbocycles. The lowest BCUT2D eigenvalue weighted by molar-refractivity contribution is -0.214. The van der Waals surface area contributed by atoms with Gasteiger partial charge in [-0.05, 0) is 83.9 Å². The van der Waals surface area contributed by atoms with Crippen molar-refractivity contribution in [2.24, 2.45) is 68.3 Å². The fourth-order valence-electron chi connectivity index (χ4n) is 11.0. The van der Waals surface area contributed by atoms with E-state index in [-0.39, 0.29) is 74.4 Å². The highest BCUT2D eigenvalue weighted by atomic mass is 16.1. The van der Waals surface area contributed by atoms with Crippen LogP contribution in [-0.2, 0) is 14.4 Å². The molecule has 1 amide bonds. The summed E-state index contributed by atoms with van der Waals surface area (Å²) in [4.78, 5) is 40.0. The Kier molecular flexibility index (Phi) is 5.38. The van der Waals surface area contributed by atoms with Gasteiger partial charge < -0.3 is 5.73 Å². The molecular weight excluding hydrogens is 448 g/mol. The third kappa shape index (κ3) is 3.08. The quantitative estimate of drug-likeness (QED) is 0.513. The van der Waals surface area contributed by atoms with Gasteiger partial charge in [0.25, 0.3) is 0 Å². The van der Waals surface area contributed by atoms with Crippen molar-refractivity contribution in [3.8, 4) is 6.07 Å².